The third-order valence-corrected chi connectivity index (χ3v) is 2.64. The molecule has 2 rings (SSSR count). The van der Waals surface area contributed by atoms with Crippen molar-refractivity contribution in [3.8, 4) is 0 Å². The van der Waals surface area contributed by atoms with E-state index >= 15 is 0 Å². The average Bonchev–Trinajstić information content (AvgIpc) is 2.81. The molecule has 0 atom stereocenters. The Hall–Kier alpha value is -2.31. The molecule has 0 fully saturated rings. The molecule has 1 aromatic carbocycles. The largest absolute Gasteiger partial charge is 0.476 e. The van der Waals surface area contributed by atoms with Crippen molar-refractivity contribution in [3.05, 3.63) is 47.3 Å². The first-order valence-corrected chi connectivity index (χ1v) is 5.58. The van der Waals surface area contributed by atoms with Crippen molar-refractivity contribution in [2.24, 2.45) is 0 Å². The first-order chi connectivity index (χ1) is 9.09. The van der Waals surface area contributed by atoms with Crippen LogP contribution in [0.3, 0.4) is 0 Å². The van der Waals surface area contributed by atoms with Crippen LogP contribution in [0, 0.1) is 0 Å². The third-order valence-electron chi connectivity index (χ3n) is 2.64. The van der Waals surface area contributed by atoms with Gasteiger partial charge in [-0.1, -0.05) is 35.5 Å². The summed E-state index contributed by atoms with van der Waals surface area (Å²) in [6, 6.07) is 9.25. The van der Waals surface area contributed by atoms with Crippen molar-refractivity contribution in [2.75, 3.05) is 0 Å². The first-order valence-electron chi connectivity index (χ1n) is 5.58. The number of aryl methyl sites for hydroxylation is 2. The molecule has 0 spiro atoms. The minimum absolute atomic E-state index is 0.157. The lowest BCUT2D eigenvalue weighted by atomic mass is 10.1. The molecular weight excluding hydrogens is 256 g/mol. The lowest BCUT2D eigenvalue weighted by Gasteiger charge is -2.06. The highest BCUT2D eigenvalue weighted by molar-refractivity contribution is 5.86. The Morgan fingerprint density at radius 3 is 2.58 bits per heavy atom. The number of carboxylic acid groups (broad SMARTS) is 1. The van der Waals surface area contributed by atoms with Gasteiger partial charge in [-0.15, -0.1) is 5.10 Å². The third kappa shape index (κ3) is 2.93. The second kappa shape index (κ2) is 5.55. The summed E-state index contributed by atoms with van der Waals surface area (Å²) in [5.74, 6) is -1.50. The monoisotopic (exact) mass is 267 g/mol. The van der Waals surface area contributed by atoms with Gasteiger partial charge in [0.15, 0.2) is 5.69 Å². The summed E-state index contributed by atoms with van der Waals surface area (Å²) in [6.07, 6.45) is -2.44. The highest BCUT2D eigenvalue weighted by atomic mass is 19.3. The fourth-order valence-corrected chi connectivity index (χ4v) is 1.73. The lowest BCUT2D eigenvalue weighted by molar-refractivity contribution is 0.0675. The lowest BCUT2D eigenvalue weighted by Crippen LogP contribution is -2.10. The van der Waals surface area contributed by atoms with Crippen LogP contribution in [0.25, 0.3) is 0 Å². The van der Waals surface area contributed by atoms with E-state index < -0.39 is 23.8 Å². The minimum Gasteiger partial charge on any atom is -0.476 e. The second-order valence-electron chi connectivity index (χ2n) is 3.89. The molecule has 0 saturated carbocycles. The summed E-state index contributed by atoms with van der Waals surface area (Å²) >= 11 is 0. The van der Waals surface area contributed by atoms with Gasteiger partial charge in [0.25, 0.3) is 6.43 Å². The standard InChI is InChI=1S/C12H11F2N3O2/c13-11(14)10-9(12(18)19)15-16-17(10)7-6-8-4-2-1-3-5-8/h1-5,11H,6-7H2,(H,18,19). The number of aromatic carboxylic acids is 1. The van der Waals surface area contributed by atoms with E-state index in [1.165, 1.54) is 0 Å². The van der Waals surface area contributed by atoms with Crippen molar-refractivity contribution >= 4 is 5.97 Å². The second-order valence-corrected chi connectivity index (χ2v) is 3.89. The van der Waals surface area contributed by atoms with Crippen LogP contribution < -0.4 is 0 Å². The van der Waals surface area contributed by atoms with E-state index in [2.05, 4.69) is 10.3 Å². The molecule has 5 nitrogen and oxygen atoms in total. The number of nitrogens with zero attached hydrogens (tertiary/aromatic N) is 3. The van der Waals surface area contributed by atoms with Crippen LogP contribution in [-0.4, -0.2) is 26.1 Å². The van der Waals surface area contributed by atoms with E-state index in [1.54, 1.807) is 0 Å². The van der Waals surface area contributed by atoms with E-state index in [4.69, 9.17) is 5.11 Å². The van der Waals surface area contributed by atoms with Gasteiger partial charge >= 0.3 is 5.97 Å². The van der Waals surface area contributed by atoms with Crippen LogP contribution in [0.5, 0.6) is 0 Å². The fraction of sp³-hybridized carbons (Fsp3) is 0.250. The van der Waals surface area contributed by atoms with Crippen molar-refractivity contribution in [1.82, 2.24) is 15.0 Å². The maximum atomic E-state index is 12.8. The van der Waals surface area contributed by atoms with E-state index in [0.717, 1.165) is 10.2 Å². The SMILES string of the molecule is O=C(O)c1nnn(CCc2ccccc2)c1C(F)F. The zero-order valence-electron chi connectivity index (χ0n) is 9.83. The Kier molecular flexibility index (Phi) is 3.84. The topological polar surface area (TPSA) is 68.0 Å². The highest BCUT2D eigenvalue weighted by Crippen LogP contribution is 2.21. The summed E-state index contributed by atoms with van der Waals surface area (Å²) in [5.41, 5.74) is -0.387. The number of carboxylic acids is 1. The number of carbonyl (C=O) groups is 1. The van der Waals surface area contributed by atoms with Gasteiger partial charge in [0.2, 0.25) is 0 Å². The Morgan fingerprint density at radius 1 is 1.32 bits per heavy atom. The molecular formula is C12H11F2N3O2. The molecule has 0 bridgehead atoms. The van der Waals surface area contributed by atoms with Gasteiger partial charge in [-0.2, -0.15) is 0 Å². The number of alkyl halides is 2. The molecule has 100 valence electrons. The number of hydrogen-bond donors (Lipinski definition) is 1. The Balaban J connectivity index is 2.19. The Morgan fingerprint density at radius 2 is 2.00 bits per heavy atom. The van der Waals surface area contributed by atoms with Crippen molar-refractivity contribution in [3.63, 3.8) is 0 Å². The van der Waals surface area contributed by atoms with Crippen LogP contribution in [0.1, 0.15) is 28.2 Å². The molecule has 0 unspecified atom stereocenters. The number of hydrogen-bond acceptors (Lipinski definition) is 3. The molecule has 0 saturated heterocycles. The van der Waals surface area contributed by atoms with Crippen LogP contribution >= 0.6 is 0 Å². The quantitative estimate of drug-likeness (QED) is 0.901. The molecule has 2 aromatic rings. The van der Waals surface area contributed by atoms with Crippen LogP contribution in [0.2, 0.25) is 0 Å². The normalized spacial score (nSPS) is 10.9. The molecule has 19 heavy (non-hydrogen) atoms. The van der Waals surface area contributed by atoms with Crippen LogP contribution in [0.4, 0.5) is 8.78 Å². The van der Waals surface area contributed by atoms with Crippen molar-refractivity contribution < 1.29 is 18.7 Å². The summed E-state index contributed by atoms with van der Waals surface area (Å²) in [4.78, 5) is 10.8. The molecule has 7 heteroatoms. The smallest absolute Gasteiger partial charge is 0.358 e. The van der Waals surface area contributed by atoms with Gasteiger partial charge in [0, 0.05) is 6.54 Å². The predicted octanol–water partition coefficient (Wildman–Crippen LogP) is 2.16. The average molecular weight is 267 g/mol. The minimum atomic E-state index is -2.92. The van der Waals surface area contributed by atoms with Gasteiger partial charge in [-0.25, -0.2) is 18.3 Å². The molecule has 0 aliphatic rings. The van der Waals surface area contributed by atoms with E-state index in [0.29, 0.717) is 6.42 Å². The molecule has 1 heterocycles. The molecule has 0 aliphatic heterocycles. The zero-order chi connectivity index (χ0) is 13.8. The summed E-state index contributed by atoms with van der Waals surface area (Å²) < 4.78 is 26.6. The molecule has 1 aromatic heterocycles. The Labute approximate surface area is 107 Å². The van der Waals surface area contributed by atoms with Crippen LogP contribution in [0.15, 0.2) is 30.3 Å². The Bertz CT molecular complexity index is 570. The van der Waals surface area contributed by atoms with Gasteiger partial charge in [-0.05, 0) is 12.0 Å². The number of aromatic nitrogens is 3. The van der Waals surface area contributed by atoms with E-state index in [9.17, 15) is 13.6 Å². The zero-order valence-corrected chi connectivity index (χ0v) is 9.83. The van der Waals surface area contributed by atoms with Gasteiger partial charge in [-0.3, -0.25) is 0 Å². The van der Waals surface area contributed by atoms with Gasteiger partial charge < -0.3 is 5.11 Å². The first kappa shape index (κ1) is 13.1. The maximum absolute atomic E-state index is 12.8. The van der Waals surface area contributed by atoms with Crippen molar-refractivity contribution in [2.45, 2.75) is 19.4 Å². The predicted molar refractivity (Wildman–Crippen MR) is 62.1 cm³/mol. The summed E-state index contributed by atoms with van der Waals surface area (Å²) in [5, 5.41) is 15.5. The van der Waals surface area contributed by atoms with Gasteiger partial charge in [0.1, 0.15) is 5.69 Å². The summed E-state index contributed by atoms with van der Waals surface area (Å²) in [7, 11) is 0. The fourth-order valence-electron chi connectivity index (χ4n) is 1.73. The number of benzene rings is 1. The van der Waals surface area contributed by atoms with Gasteiger partial charge in [0.05, 0.1) is 0 Å². The molecule has 1 N–H and O–H groups in total. The number of rotatable bonds is 5. The molecule has 0 aliphatic carbocycles. The van der Waals surface area contributed by atoms with Crippen molar-refractivity contribution in [1.29, 1.82) is 0 Å². The maximum Gasteiger partial charge on any atom is 0.358 e. The summed E-state index contributed by atoms with van der Waals surface area (Å²) in [6.45, 7) is 0.157. The van der Waals surface area contributed by atoms with Crippen LogP contribution in [-0.2, 0) is 13.0 Å². The molecule has 0 radical (unpaired) electrons. The molecule has 0 amide bonds. The highest BCUT2D eigenvalue weighted by Gasteiger charge is 2.25. The van der Waals surface area contributed by atoms with E-state index in [1.807, 2.05) is 30.3 Å². The number of halogens is 2. The van der Waals surface area contributed by atoms with E-state index in [-0.39, 0.29) is 6.54 Å².